The number of carbonyl (C=O) groups is 2. The zero-order chi connectivity index (χ0) is 16.0. The highest BCUT2D eigenvalue weighted by atomic mass is 16.3. The average molecular weight is 290 g/mol. The lowest BCUT2D eigenvalue weighted by molar-refractivity contribution is -0.121. The maximum absolute atomic E-state index is 10.5. The molecule has 0 aliphatic rings. The van der Waals surface area contributed by atoms with Crippen molar-refractivity contribution in [1.29, 1.82) is 0 Å². The minimum Gasteiger partial charge on any atom is -0.396 e. The van der Waals surface area contributed by atoms with E-state index in [1.807, 2.05) is 6.92 Å². The number of hydrogen-bond acceptors (Lipinski definition) is 4. The molecule has 0 aliphatic carbocycles. The summed E-state index contributed by atoms with van der Waals surface area (Å²) in [5.74, 6) is -0.250. The Balaban J connectivity index is 0. The van der Waals surface area contributed by atoms with Crippen molar-refractivity contribution in [2.75, 3.05) is 13.2 Å². The molecule has 0 fully saturated rings. The normalized spacial score (nSPS) is 13.0. The molecule has 0 aromatic rings. The van der Waals surface area contributed by atoms with Gasteiger partial charge in [0.05, 0.1) is 0 Å². The van der Waals surface area contributed by atoms with Gasteiger partial charge in [0.2, 0.25) is 11.8 Å². The van der Waals surface area contributed by atoms with Crippen LogP contribution in [0.5, 0.6) is 0 Å². The molecule has 0 spiro atoms. The zero-order valence-electron chi connectivity index (χ0n) is 12.7. The molecular weight excluding hydrogens is 260 g/mol. The van der Waals surface area contributed by atoms with Crippen LogP contribution in [0, 0.1) is 11.8 Å². The second-order valence-electron chi connectivity index (χ2n) is 5.16. The van der Waals surface area contributed by atoms with Gasteiger partial charge >= 0.3 is 0 Å². The van der Waals surface area contributed by atoms with E-state index >= 15 is 0 Å². The summed E-state index contributed by atoms with van der Waals surface area (Å²) in [5, 5.41) is 16.8. The highest BCUT2D eigenvalue weighted by Crippen LogP contribution is 2.08. The Hall–Kier alpha value is -1.14. The van der Waals surface area contributed by atoms with Gasteiger partial charge in [0.15, 0.2) is 0 Å². The van der Waals surface area contributed by atoms with Gasteiger partial charge in [-0.3, -0.25) is 9.59 Å². The third kappa shape index (κ3) is 16.9. The lowest BCUT2D eigenvalue weighted by Gasteiger charge is -2.05. The van der Waals surface area contributed by atoms with Crippen LogP contribution in [-0.2, 0) is 9.59 Å². The van der Waals surface area contributed by atoms with Gasteiger partial charge in [-0.2, -0.15) is 0 Å². The van der Waals surface area contributed by atoms with Crippen molar-refractivity contribution in [2.24, 2.45) is 23.3 Å². The number of aliphatic hydroxyl groups is 2. The first-order chi connectivity index (χ1) is 9.34. The van der Waals surface area contributed by atoms with Crippen molar-refractivity contribution in [3.8, 4) is 0 Å². The fraction of sp³-hybridized carbons (Fsp3) is 0.857. The molecule has 0 aromatic heterocycles. The SMILES string of the molecule is CC(CCCCO)C(N)=O.CC(CCCO)CC(N)=O. The third-order valence-corrected chi connectivity index (χ3v) is 2.94. The van der Waals surface area contributed by atoms with Crippen molar-refractivity contribution in [2.45, 2.75) is 52.4 Å². The Labute approximate surface area is 121 Å². The summed E-state index contributed by atoms with van der Waals surface area (Å²) in [6.45, 7) is 4.16. The number of carbonyl (C=O) groups excluding carboxylic acids is 2. The molecule has 6 heteroatoms. The summed E-state index contributed by atoms with van der Waals surface area (Å²) in [4.78, 5) is 20.8. The molecule has 0 rings (SSSR count). The number of amides is 2. The Bertz CT molecular complexity index is 260. The Kier molecular flexibility index (Phi) is 15.1. The van der Waals surface area contributed by atoms with E-state index in [0.29, 0.717) is 12.3 Å². The molecule has 0 aromatic carbocycles. The van der Waals surface area contributed by atoms with Crippen LogP contribution in [0.3, 0.4) is 0 Å². The summed E-state index contributed by atoms with van der Waals surface area (Å²) in [7, 11) is 0. The minimum absolute atomic E-state index is 0.0495. The van der Waals surface area contributed by atoms with Crippen molar-refractivity contribution >= 4 is 11.8 Å². The maximum Gasteiger partial charge on any atom is 0.220 e. The molecule has 20 heavy (non-hydrogen) atoms. The van der Waals surface area contributed by atoms with Gasteiger partial charge < -0.3 is 21.7 Å². The third-order valence-electron chi connectivity index (χ3n) is 2.94. The van der Waals surface area contributed by atoms with E-state index in [1.165, 1.54) is 0 Å². The summed E-state index contributed by atoms with van der Waals surface area (Å²) in [5.41, 5.74) is 9.98. The molecule has 2 unspecified atom stereocenters. The molecule has 2 atom stereocenters. The molecule has 0 bridgehead atoms. The van der Waals surface area contributed by atoms with Crippen molar-refractivity contribution < 1.29 is 19.8 Å². The van der Waals surface area contributed by atoms with E-state index in [-0.39, 0.29) is 30.9 Å². The van der Waals surface area contributed by atoms with E-state index in [2.05, 4.69) is 0 Å². The van der Waals surface area contributed by atoms with Crippen LogP contribution in [0.15, 0.2) is 0 Å². The van der Waals surface area contributed by atoms with Crippen LogP contribution < -0.4 is 11.5 Å². The molecule has 0 saturated heterocycles. The van der Waals surface area contributed by atoms with Gasteiger partial charge in [0, 0.05) is 25.6 Å². The predicted molar refractivity (Wildman–Crippen MR) is 78.6 cm³/mol. The summed E-state index contributed by atoms with van der Waals surface area (Å²) >= 11 is 0. The predicted octanol–water partition coefficient (Wildman–Crippen LogP) is 0.541. The fourth-order valence-electron chi connectivity index (χ4n) is 1.59. The number of rotatable bonds is 10. The van der Waals surface area contributed by atoms with Gasteiger partial charge in [-0.05, 0) is 31.6 Å². The van der Waals surface area contributed by atoms with Crippen LogP contribution in [0.25, 0.3) is 0 Å². The van der Waals surface area contributed by atoms with Gasteiger partial charge in [-0.25, -0.2) is 0 Å². The van der Waals surface area contributed by atoms with Crippen molar-refractivity contribution in [1.82, 2.24) is 0 Å². The molecular formula is C14H30N2O4. The number of hydrogen-bond donors (Lipinski definition) is 4. The highest BCUT2D eigenvalue weighted by Gasteiger charge is 2.06. The second kappa shape index (κ2) is 14.3. The van der Waals surface area contributed by atoms with Crippen LogP contribution in [0.1, 0.15) is 52.4 Å². The monoisotopic (exact) mass is 290 g/mol. The smallest absolute Gasteiger partial charge is 0.220 e. The molecule has 0 aliphatic heterocycles. The highest BCUT2D eigenvalue weighted by molar-refractivity contribution is 5.76. The minimum atomic E-state index is -0.259. The Morgan fingerprint density at radius 3 is 1.90 bits per heavy atom. The van der Waals surface area contributed by atoms with E-state index in [0.717, 1.165) is 32.1 Å². The number of primary amides is 2. The quantitative estimate of drug-likeness (QED) is 0.438. The molecule has 6 N–H and O–H groups in total. The maximum atomic E-state index is 10.5. The van der Waals surface area contributed by atoms with Crippen LogP contribution in [-0.4, -0.2) is 35.2 Å². The Morgan fingerprint density at radius 1 is 0.950 bits per heavy atom. The molecule has 2 amide bonds. The molecule has 0 saturated carbocycles. The van der Waals surface area contributed by atoms with Crippen LogP contribution >= 0.6 is 0 Å². The number of nitrogens with two attached hydrogens (primary N) is 2. The van der Waals surface area contributed by atoms with E-state index < -0.39 is 0 Å². The van der Waals surface area contributed by atoms with Gasteiger partial charge in [-0.1, -0.05) is 20.3 Å². The molecule has 120 valence electrons. The van der Waals surface area contributed by atoms with Crippen LogP contribution in [0.2, 0.25) is 0 Å². The van der Waals surface area contributed by atoms with Crippen molar-refractivity contribution in [3.63, 3.8) is 0 Å². The number of unbranched alkanes of at least 4 members (excludes halogenated alkanes) is 1. The number of aliphatic hydroxyl groups excluding tert-OH is 2. The molecule has 0 radical (unpaired) electrons. The van der Waals surface area contributed by atoms with Crippen LogP contribution in [0.4, 0.5) is 0 Å². The Morgan fingerprint density at radius 2 is 1.50 bits per heavy atom. The molecule has 6 nitrogen and oxygen atoms in total. The van der Waals surface area contributed by atoms with Gasteiger partial charge in [0.1, 0.15) is 0 Å². The first-order valence-corrected chi connectivity index (χ1v) is 7.14. The lowest BCUT2D eigenvalue weighted by atomic mass is 10.0. The largest absolute Gasteiger partial charge is 0.396 e. The standard InChI is InChI=1S/2C7H15NO2/c1-6(3-2-4-9)5-7(8)10;1-6(7(8)10)4-2-3-5-9/h2*6,9H,2-5H2,1H3,(H2,8,10). The van der Waals surface area contributed by atoms with Crippen molar-refractivity contribution in [3.05, 3.63) is 0 Å². The van der Waals surface area contributed by atoms with Gasteiger partial charge in [-0.15, -0.1) is 0 Å². The van der Waals surface area contributed by atoms with E-state index in [9.17, 15) is 9.59 Å². The first-order valence-electron chi connectivity index (χ1n) is 7.14. The van der Waals surface area contributed by atoms with Gasteiger partial charge in [0.25, 0.3) is 0 Å². The summed E-state index contributed by atoms with van der Waals surface area (Å²) in [6, 6.07) is 0. The summed E-state index contributed by atoms with van der Waals surface area (Å²) in [6.07, 6.45) is 4.49. The zero-order valence-corrected chi connectivity index (χ0v) is 12.7. The summed E-state index contributed by atoms with van der Waals surface area (Å²) < 4.78 is 0. The second-order valence-corrected chi connectivity index (χ2v) is 5.16. The lowest BCUT2D eigenvalue weighted by Crippen LogP contribution is -2.20. The fourth-order valence-corrected chi connectivity index (χ4v) is 1.59. The average Bonchev–Trinajstić information content (AvgIpc) is 2.36. The van der Waals surface area contributed by atoms with E-state index in [1.54, 1.807) is 6.92 Å². The van der Waals surface area contributed by atoms with E-state index in [4.69, 9.17) is 21.7 Å². The topological polar surface area (TPSA) is 127 Å². The molecule has 0 heterocycles. The first kappa shape index (κ1) is 21.2.